The van der Waals surface area contributed by atoms with Gasteiger partial charge in [0.25, 0.3) is 0 Å². The molecule has 2 rings (SSSR count). The van der Waals surface area contributed by atoms with Gasteiger partial charge in [-0.05, 0) is 30.7 Å². The molecular formula is C14H15F2N3. The number of hydrogen-bond donors (Lipinski definition) is 1. The van der Waals surface area contributed by atoms with Gasteiger partial charge in [-0.25, -0.2) is 18.7 Å². The van der Waals surface area contributed by atoms with Crippen LogP contribution in [0.25, 0.3) is 0 Å². The molecule has 0 spiro atoms. The van der Waals surface area contributed by atoms with E-state index in [0.29, 0.717) is 5.56 Å². The van der Waals surface area contributed by atoms with Crippen molar-refractivity contribution in [1.29, 1.82) is 0 Å². The van der Waals surface area contributed by atoms with Crippen molar-refractivity contribution in [1.82, 2.24) is 15.3 Å². The smallest absolute Gasteiger partial charge is 0.126 e. The van der Waals surface area contributed by atoms with Gasteiger partial charge >= 0.3 is 0 Å². The second kappa shape index (κ2) is 6.33. The molecule has 1 atom stereocenters. The van der Waals surface area contributed by atoms with Crippen molar-refractivity contribution >= 4 is 0 Å². The molecule has 0 aliphatic heterocycles. The highest BCUT2D eigenvalue weighted by Crippen LogP contribution is 2.22. The van der Waals surface area contributed by atoms with E-state index in [1.165, 1.54) is 18.5 Å². The second-order valence-corrected chi connectivity index (χ2v) is 4.26. The monoisotopic (exact) mass is 263 g/mol. The lowest BCUT2D eigenvalue weighted by Gasteiger charge is -2.19. The highest BCUT2D eigenvalue weighted by molar-refractivity contribution is 5.29. The van der Waals surface area contributed by atoms with E-state index in [1.807, 2.05) is 6.92 Å². The van der Waals surface area contributed by atoms with Crippen molar-refractivity contribution in [2.45, 2.75) is 19.4 Å². The first-order chi connectivity index (χ1) is 9.20. The van der Waals surface area contributed by atoms with Gasteiger partial charge in [0.1, 0.15) is 18.0 Å². The Labute approximate surface area is 110 Å². The van der Waals surface area contributed by atoms with Gasteiger partial charge in [-0.3, -0.25) is 0 Å². The molecule has 0 saturated carbocycles. The Morgan fingerprint density at radius 1 is 1.05 bits per heavy atom. The van der Waals surface area contributed by atoms with Crippen LogP contribution in [-0.2, 0) is 0 Å². The third-order valence-electron chi connectivity index (χ3n) is 2.73. The first-order valence-corrected chi connectivity index (χ1v) is 6.15. The molecule has 0 radical (unpaired) electrons. The first kappa shape index (κ1) is 13.5. The molecule has 5 heteroatoms. The van der Waals surface area contributed by atoms with Gasteiger partial charge in [0.15, 0.2) is 0 Å². The Hall–Kier alpha value is -1.88. The topological polar surface area (TPSA) is 37.8 Å². The average Bonchev–Trinajstić information content (AvgIpc) is 2.39. The number of nitrogens with zero attached hydrogens (tertiary/aromatic N) is 2. The highest BCUT2D eigenvalue weighted by atomic mass is 19.1. The molecule has 1 unspecified atom stereocenters. The second-order valence-electron chi connectivity index (χ2n) is 4.26. The van der Waals surface area contributed by atoms with Crippen LogP contribution < -0.4 is 5.32 Å². The first-order valence-electron chi connectivity index (χ1n) is 6.15. The summed E-state index contributed by atoms with van der Waals surface area (Å²) in [6.07, 6.45) is 5.63. The molecule has 3 nitrogen and oxygen atoms in total. The van der Waals surface area contributed by atoms with Crippen LogP contribution >= 0.6 is 0 Å². The number of aromatic nitrogens is 2. The summed E-state index contributed by atoms with van der Waals surface area (Å²) in [5.41, 5.74) is 1.31. The Bertz CT molecular complexity index is 511. The van der Waals surface area contributed by atoms with Gasteiger partial charge in [0, 0.05) is 24.0 Å². The summed E-state index contributed by atoms with van der Waals surface area (Å²) >= 11 is 0. The van der Waals surface area contributed by atoms with Crippen molar-refractivity contribution in [2.24, 2.45) is 0 Å². The lowest BCUT2D eigenvalue weighted by atomic mass is 10.0. The van der Waals surface area contributed by atoms with E-state index in [1.54, 1.807) is 12.4 Å². The fourth-order valence-electron chi connectivity index (χ4n) is 1.92. The van der Waals surface area contributed by atoms with Crippen LogP contribution in [0.5, 0.6) is 0 Å². The van der Waals surface area contributed by atoms with Crippen molar-refractivity contribution < 1.29 is 8.78 Å². The minimum absolute atomic E-state index is 0.314. The molecule has 0 saturated heterocycles. The molecule has 0 amide bonds. The number of hydrogen-bond acceptors (Lipinski definition) is 3. The van der Waals surface area contributed by atoms with E-state index in [0.717, 1.165) is 24.6 Å². The molecule has 0 aliphatic carbocycles. The molecule has 0 fully saturated rings. The van der Waals surface area contributed by atoms with E-state index < -0.39 is 11.6 Å². The molecule has 1 N–H and O–H groups in total. The Morgan fingerprint density at radius 2 is 1.68 bits per heavy atom. The Kier molecular flexibility index (Phi) is 4.52. The zero-order valence-corrected chi connectivity index (χ0v) is 10.6. The van der Waals surface area contributed by atoms with Crippen LogP contribution in [0.15, 0.2) is 36.9 Å². The predicted octanol–water partition coefficient (Wildman–Crippen LogP) is 2.84. The summed E-state index contributed by atoms with van der Waals surface area (Å²) in [5.74, 6) is -1.18. The third kappa shape index (κ3) is 3.54. The standard InChI is InChI=1S/C14H15F2N3/c1-2-3-19-14(11-7-17-9-18-8-11)10-4-12(15)6-13(16)5-10/h4-9,14,19H,2-3H2,1H3. The van der Waals surface area contributed by atoms with Crippen LogP contribution in [0.3, 0.4) is 0 Å². The van der Waals surface area contributed by atoms with Crippen LogP contribution in [0, 0.1) is 11.6 Å². The van der Waals surface area contributed by atoms with Gasteiger partial charge in [-0.2, -0.15) is 0 Å². The Morgan fingerprint density at radius 3 is 2.26 bits per heavy atom. The summed E-state index contributed by atoms with van der Waals surface area (Å²) in [6.45, 7) is 2.76. The van der Waals surface area contributed by atoms with Crippen LogP contribution in [0.2, 0.25) is 0 Å². The van der Waals surface area contributed by atoms with Gasteiger partial charge in [-0.1, -0.05) is 6.92 Å². The molecule has 100 valence electrons. The average molecular weight is 263 g/mol. The van der Waals surface area contributed by atoms with Crippen molar-refractivity contribution in [3.63, 3.8) is 0 Å². The van der Waals surface area contributed by atoms with E-state index >= 15 is 0 Å². The quantitative estimate of drug-likeness (QED) is 0.901. The molecule has 0 bridgehead atoms. The van der Waals surface area contributed by atoms with E-state index in [-0.39, 0.29) is 6.04 Å². The minimum atomic E-state index is -0.588. The molecular weight excluding hydrogens is 248 g/mol. The number of benzene rings is 1. The van der Waals surface area contributed by atoms with Gasteiger partial charge in [-0.15, -0.1) is 0 Å². The maximum absolute atomic E-state index is 13.3. The van der Waals surface area contributed by atoms with Crippen molar-refractivity contribution in [3.8, 4) is 0 Å². The number of rotatable bonds is 5. The lowest BCUT2D eigenvalue weighted by Crippen LogP contribution is -2.23. The zero-order chi connectivity index (χ0) is 13.7. The van der Waals surface area contributed by atoms with E-state index in [9.17, 15) is 8.78 Å². The summed E-state index contributed by atoms with van der Waals surface area (Å²) in [4.78, 5) is 7.89. The van der Waals surface area contributed by atoms with Crippen LogP contribution in [-0.4, -0.2) is 16.5 Å². The summed E-state index contributed by atoms with van der Waals surface area (Å²) < 4.78 is 26.7. The van der Waals surface area contributed by atoms with Crippen LogP contribution in [0.1, 0.15) is 30.5 Å². The van der Waals surface area contributed by atoms with Gasteiger partial charge < -0.3 is 5.32 Å². The molecule has 0 aliphatic rings. The number of halogens is 2. The fraction of sp³-hybridized carbons (Fsp3) is 0.286. The summed E-state index contributed by atoms with van der Waals surface area (Å²) in [5, 5.41) is 3.24. The maximum atomic E-state index is 13.3. The van der Waals surface area contributed by atoms with E-state index in [4.69, 9.17) is 0 Å². The zero-order valence-electron chi connectivity index (χ0n) is 10.6. The highest BCUT2D eigenvalue weighted by Gasteiger charge is 2.15. The normalized spacial score (nSPS) is 12.4. The minimum Gasteiger partial charge on any atom is -0.306 e. The maximum Gasteiger partial charge on any atom is 0.126 e. The van der Waals surface area contributed by atoms with Crippen molar-refractivity contribution in [2.75, 3.05) is 6.54 Å². The van der Waals surface area contributed by atoms with E-state index in [2.05, 4.69) is 15.3 Å². The summed E-state index contributed by atoms with van der Waals surface area (Å²) in [6, 6.07) is 3.20. The largest absolute Gasteiger partial charge is 0.306 e. The SMILES string of the molecule is CCCNC(c1cncnc1)c1cc(F)cc(F)c1. The molecule has 1 aromatic heterocycles. The fourth-order valence-corrected chi connectivity index (χ4v) is 1.92. The Balaban J connectivity index is 2.36. The number of nitrogens with one attached hydrogen (secondary N) is 1. The third-order valence-corrected chi connectivity index (χ3v) is 2.73. The molecule has 19 heavy (non-hydrogen) atoms. The van der Waals surface area contributed by atoms with Crippen LogP contribution in [0.4, 0.5) is 8.78 Å². The van der Waals surface area contributed by atoms with Gasteiger partial charge in [0.2, 0.25) is 0 Å². The molecule has 1 aromatic carbocycles. The van der Waals surface area contributed by atoms with Crippen molar-refractivity contribution in [3.05, 3.63) is 59.7 Å². The van der Waals surface area contributed by atoms with Gasteiger partial charge in [0.05, 0.1) is 6.04 Å². The summed E-state index contributed by atoms with van der Waals surface area (Å²) in [7, 11) is 0. The molecule has 2 aromatic rings. The lowest BCUT2D eigenvalue weighted by molar-refractivity contribution is 0.557. The molecule has 1 heterocycles. The predicted molar refractivity (Wildman–Crippen MR) is 68.5 cm³/mol.